The van der Waals surface area contributed by atoms with E-state index in [1.54, 1.807) is 34.7 Å². The predicted molar refractivity (Wildman–Crippen MR) is 133 cm³/mol. The van der Waals surface area contributed by atoms with Gasteiger partial charge in [-0.2, -0.15) is 15.3 Å². The zero-order chi connectivity index (χ0) is 25.9. The fourth-order valence-corrected chi connectivity index (χ4v) is 3.08. The van der Waals surface area contributed by atoms with Crippen LogP contribution in [0.15, 0.2) is 43.1 Å². The molecule has 5 heterocycles. The summed E-state index contributed by atoms with van der Waals surface area (Å²) in [6.07, 6.45) is 8.57. The summed E-state index contributed by atoms with van der Waals surface area (Å²) in [7, 11) is 1.87. The molecule has 0 bridgehead atoms. The van der Waals surface area contributed by atoms with Gasteiger partial charge in [0.2, 0.25) is 0 Å². The van der Waals surface area contributed by atoms with Crippen LogP contribution in [0.1, 0.15) is 27.2 Å². The summed E-state index contributed by atoms with van der Waals surface area (Å²) in [5, 5.41) is 21.0. The number of halogens is 1. The number of alkyl halides is 1. The Labute approximate surface area is 208 Å². The van der Waals surface area contributed by atoms with E-state index in [1.165, 1.54) is 0 Å². The lowest BCUT2D eigenvalue weighted by molar-refractivity contribution is 0.149. The predicted octanol–water partition coefficient (Wildman–Crippen LogP) is 3.48. The van der Waals surface area contributed by atoms with E-state index in [4.69, 9.17) is 0 Å². The highest BCUT2D eigenvalue weighted by Gasteiger charge is 2.12. The van der Waals surface area contributed by atoms with Crippen LogP contribution >= 0.6 is 0 Å². The summed E-state index contributed by atoms with van der Waals surface area (Å²) in [6.45, 7) is 6.91. The zero-order valence-electron chi connectivity index (χ0n) is 20.8. The molecule has 4 aromatic heterocycles. The Hall–Kier alpha value is -4.00. The molecule has 1 aliphatic rings. The van der Waals surface area contributed by atoms with Crippen molar-refractivity contribution in [1.82, 2.24) is 39.9 Å². The first-order chi connectivity index (χ1) is 17.4. The second-order valence-electron chi connectivity index (χ2n) is 8.11. The number of hydrogen-bond acceptors (Lipinski definition) is 8. The number of fused-ring (bicyclic) bond motifs is 1. The number of rotatable bonds is 5. The number of aryl methyl sites for hydroxylation is 1. The minimum Gasteiger partial charge on any atom is -0.450 e. The van der Waals surface area contributed by atoms with Crippen molar-refractivity contribution in [2.75, 3.05) is 25.1 Å². The molecule has 0 spiro atoms. The van der Waals surface area contributed by atoms with Crippen molar-refractivity contribution in [3.05, 3.63) is 43.1 Å². The number of carbonyl (C=O) groups is 1. The Bertz CT molecular complexity index is 1200. The van der Waals surface area contributed by atoms with Crippen molar-refractivity contribution in [3.63, 3.8) is 0 Å². The molecular formula is C23H32FN9O3. The lowest BCUT2D eigenvalue weighted by Gasteiger charge is -2.07. The van der Waals surface area contributed by atoms with Crippen LogP contribution in [0.2, 0.25) is 0 Å². The van der Waals surface area contributed by atoms with E-state index >= 15 is 0 Å². The van der Waals surface area contributed by atoms with E-state index < -0.39 is 6.17 Å². The third-order valence-electron chi connectivity index (χ3n) is 4.70. The van der Waals surface area contributed by atoms with Crippen LogP contribution in [0.4, 0.5) is 20.8 Å². The van der Waals surface area contributed by atoms with Crippen LogP contribution in [0.5, 0.6) is 0 Å². The second-order valence-corrected chi connectivity index (χ2v) is 8.11. The lowest BCUT2D eigenvalue weighted by atomic mass is 10.2. The number of anilines is 2. The first-order valence-electron chi connectivity index (χ1n) is 11.6. The van der Waals surface area contributed by atoms with Crippen molar-refractivity contribution >= 4 is 23.2 Å². The quantitative estimate of drug-likeness (QED) is 0.378. The monoisotopic (exact) mass is 501 g/mol. The average molecular weight is 502 g/mol. The van der Waals surface area contributed by atoms with Crippen molar-refractivity contribution in [3.8, 4) is 11.3 Å². The molecule has 1 fully saturated rings. The first-order valence-corrected chi connectivity index (χ1v) is 11.6. The maximum absolute atomic E-state index is 11.8. The van der Waals surface area contributed by atoms with Gasteiger partial charge in [-0.25, -0.2) is 18.7 Å². The van der Waals surface area contributed by atoms with E-state index in [0.717, 1.165) is 22.6 Å². The molecule has 1 aliphatic heterocycles. The molecule has 0 radical (unpaired) electrons. The molecule has 0 saturated carbocycles. The average Bonchev–Trinajstić information content (AvgIpc) is 3.63. The third kappa shape index (κ3) is 8.05. The number of carbonyl (C=O) groups excluding carboxylic acids is 1. The van der Waals surface area contributed by atoms with E-state index in [2.05, 4.69) is 45.5 Å². The van der Waals surface area contributed by atoms with Gasteiger partial charge >= 0.3 is 6.09 Å². The summed E-state index contributed by atoms with van der Waals surface area (Å²) >= 11 is 0. The van der Waals surface area contributed by atoms with Crippen LogP contribution in [-0.4, -0.2) is 72.7 Å². The molecule has 36 heavy (non-hydrogen) atoms. The Morgan fingerprint density at radius 1 is 1.31 bits per heavy atom. The van der Waals surface area contributed by atoms with Crippen molar-refractivity contribution in [2.24, 2.45) is 7.05 Å². The second kappa shape index (κ2) is 13.2. The summed E-state index contributed by atoms with van der Waals surface area (Å²) in [4.78, 5) is 15.2. The van der Waals surface area contributed by atoms with Crippen molar-refractivity contribution < 1.29 is 18.7 Å². The fraction of sp³-hybridized carbons (Fsp3) is 0.435. The summed E-state index contributed by atoms with van der Waals surface area (Å²) in [5.74, 6) is 1.48. The highest BCUT2D eigenvalue weighted by molar-refractivity contribution is 5.74. The number of ether oxygens (including phenoxy) is 2. The Kier molecular flexibility index (Phi) is 9.74. The topological polar surface area (TPSA) is 136 Å². The van der Waals surface area contributed by atoms with Crippen molar-refractivity contribution in [2.45, 2.75) is 39.4 Å². The Morgan fingerprint density at radius 3 is 2.69 bits per heavy atom. The number of alkyl carbamates (subject to hydrolysis) is 1. The van der Waals surface area contributed by atoms with E-state index in [-0.39, 0.29) is 12.1 Å². The lowest BCUT2D eigenvalue weighted by Crippen LogP contribution is -2.30. The van der Waals surface area contributed by atoms with Crippen molar-refractivity contribution in [1.29, 1.82) is 0 Å². The van der Waals surface area contributed by atoms with Gasteiger partial charge in [0.1, 0.15) is 17.5 Å². The molecule has 13 heteroatoms. The van der Waals surface area contributed by atoms with Gasteiger partial charge < -0.3 is 20.1 Å². The van der Waals surface area contributed by atoms with Crippen LogP contribution in [0.3, 0.4) is 0 Å². The molecule has 12 nitrogen and oxygen atoms in total. The Balaban J connectivity index is 0.000000199. The molecule has 1 saturated heterocycles. The largest absolute Gasteiger partial charge is 0.450 e. The normalized spacial score (nSPS) is 14.6. The summed E-state index contributed by atoms with van der Waals surface area (Å²) < 4.78 is 24.6. The smallest absolute Gasteiger partial charge is 0.407 e. The van der Waals surface area contributed by atoms with Crippen LogP contribution in [0, 0.1) is 0 Å². The number of amides is 1. The number of aromatic amines is 1. The molecule has 1 unspecified atom stereocenters. The van der Waals surface area contributed by atoms with Gasteiger partial charge in [0.15, 0.2) is 5.82 Å². The third-order valence-corrected chi connectivity index (χ3v) is 4.70. The molecule has 194 valence electrons. The summed E-state index contributed by atoms with van der Waals surface area (Å²) in [5.41, 5.74) is 2.61. The SMILES string of the molecule is CCOC(=O)NC(C)C.Cn1cc(-c2cn3nccc3c(Nc3ccn[nH]3)n2)cn1.FC1CCOC1. The fourth-order valence-electron chi connectivity index (χ4n) is 3.08. The maximum Gasteiger partial charge on any atom is 0.407 e. The molecule has 4 aromatic rings. The standard InChI is InChI=1S/C13H12N8.C6H13NO2.C4H7FO/c1-20-7-9(6-16-20)10-8-21-11(2-5-15-21)13(17-10)18-12-3-4-14-19-12;1-4-9-6(8)7-5(2)3;5-4-1-2-6-3-4/h2-8H,1H3,(H2,14,17,18,19);5H,4H2,1-3H3,(H,7,8);4H,1-3H2. The number of nitrogens with zero attached hydrogens (tertiary/aromatic N) is 6. The van der Waals surface area contributed by atoms with Crippen LogP contribution in [-0.2, 0) is 16.5 Å². The van der Waals surface area contributed by atoms with Gasteiger partial charge in [0.25, 0.3) is 0 Å². The van der Waals surface area contributed by atoms with Gasteiger partial charge in [-0.15, -0.1) is 0 Å². The number of aromatic nitrogens is 7. The molecule has 5 rings (SSSR count). The van der Waals surface area contributed by atoms with E-state index in [0.29, 0.717) is 32.1 Å². The minimum absolute atomic E-state index is 0.157. The van der Waals surface area contributed by atoms with Gasteiger partial charge in [0, 0.05) is 43.9 Å². The van der Waals surface area contributed by atoms with Gasteiger partial charge in [-0.3, -0.25) is 9.78 Å². The molecule has 0 aliphatic carbocycles. The van der Waals surface area contributed by atoms with Gasteiger partial charge in [-0.05, 0) is 26.8 Å². The zero-order valence-corrected chi connectivity index (χ0v) is 20.8. The van der Waals surface area contributed by atoms with Crippen LogP contribution in [0.25, 0.3) is 16.8 Å². The maximum atomic E-state index is 11.8. The number of H-pyrrole nitrogens is 1. The molecule has 0 aromatic carbocycles. The van der Waals surface area contributed by atoms with E-state index in [9.17, 15) is 9.18 Å². The van der Waals surface area contributed by atoms with Crippen LogP contribution < -0.4 is 10.6 Å². The minimum atomic E-state index is -0.676. The van der Waals surface area contributed by atoms with Gasteiger partial charge in [-0.1, -0.05) is 0 Å². The number of hydrogen-bond donors (Lipinski definition) is 3. The highest BCUT2D eigenvalue weighted by atomic mass is 19.1. The molecular weight excluding hydrogens is 469 g/mol. The number of nitrogens with one attached hydrogen (secondary N) is 3. The highest BCUT2D eigenvalue weighted by Crippen LogP contribution is 2.23. The molecule has 3 N–H and O–H groups in total. The van der Waals surface area contributed by atoms with E-state index in [1.807, 2.05) is 45.4 Å². The summed E-state index contributed by atoms with van der Waals surface area (Å²) in [6, 6.07) is 3.90. The first kappa shape index (κ1) is 26.6. The Morgan fingerprint density at radius 2 is 2.14 bits per heavy atom. The van der Waals surface area contributed by atoms with Gasteiger partial charge in [0.05, 0.1) is 43.7 Å². The molecule has 1 amide bonds. The molecule has 1 atom stereocenters.